The Balaban J connectivity index is 2.33. The normalized spacial score (nSPS) is 10.1. The topological polar surface area (TPSA) is 41.6 Å². The molecule has 0 heterocycles. The molecule has 0 saturated carbocycles. The van der Waals surface area contributed by atoms with Gasteiger partial charge in [-0.3, -0.25) is 4.79 Å². The second kappa shape index (κ2) is 6.85. The first kappa shape index (κ1) is 13.4. The van der Waals surface area contributed by atoms with E-state index < -0.39 is 5.82 Å². The smallest absolute Gasteiger partial charge is 0.236 e. The van der Waals surface area contributed by atoms with Crippen molar-refractivity contribution in [2.75, 3.05) is 33.8 Å². The second-order valence-corrected chi connectivity index (χ2v) is 3.62. The minimum Gasteiger partial charge on any atom is -0.489 e. The molecule has 0 aromatic heterocycles. The number of nitrogens with one attached hydrogen (secondary N) is 1. The van der Waals surface area contributed by atoms with Gasteiger partial charge in [-0.15, -0.1) is 0 Å². The molecular formula is C12H17FN2O2. The lowest BCUT2D eigenvalue weighted by molar-refractivity contribution is -0.129. The molecule has 1 rings (SSSR count). The van der Waals surface area contributed by atoms with E-state index in [-0.39, 0.29) is 24.8 Å². The van der Waals surface area contributed by atoms with Crippen LogP contribution in [0.3, 0.4) is 0 Å². The van der Waals surface area contributed by atoms with Gasteiger partial charge in [-0.1, -0.05) is 12.1 Å². The van der Waals surface area contributed by atoms with Crippen LogP contribution in [0.1, 0.15) is 0 Å². The molecule has 0 fully saturated rings. The zero-order chi connectivity index (χ0) is 12.7. The molecule has 0 aliphatic heterocycles. The number of hydrogen-bond donors (Lipinski definition) is 1. The maximum atomic E-state index is 13.2. The summed E-state index contributed by atoms with van der Waals surface area (Å²) in [6.07, 6.45) is 0. The van der Waals surface area contributed by atoms with Crippen molar-refractivity contribution in [1.82, 2.24) is 10.2 Å². The van der Waals surface area contributed by atoms with Gasteiger partial charge in [0.25, 0.3) is 0 Å². The Bertz CT molecular complexity index is 371. The zero-order valence-electron chi connectivity index (χ0n) is 10.1. The Kier molecular flexibility index (Phi) is 5.42. The summed E-state index contributed by atoms with van der Waals surface area (Å²) in [6.45, 7) is 0.984. The third-order valence-corrected chi connectivity index (χ3v) is 2.27. The van der Waals surface area contributed by atoms with E-state index in [1.807, 2.05) is 0 Å². The molecule has 0 unspecified atom stereocenters. The summed E-state index contributed by atoms with van der Waals surface area (Å²) in [4.78, 5) is 12.9. The second-order valence-electron chi connectivity index (χ2n) is 3.62. The highest BCUT2D eigenvalue weighted by molar-refractivity contribution is 5.77. The van der Waals surface area contributed by atoms with Crippen LogP contribution < -0.4 is 10.1 Å². The fraction of sp³-hybridized carbons (Fsp3) is 0.417. The molecule has 0 atom stereocenters. The summed E-state index contributed by atoms with van der Waals surface area (Å²) < 4.78 is 18.4. The number of rotatable bonds is 6. The van der Waals surface area contributed by atoms with Gasteiger partial charge >= 0.3 is 0 Å². The van der Waals surface area contributed by atoms with Gasteiger partial charge in [-0.05, 0) is 19.2 Å². The number of likely N-dealkylation sites (N-methyl/N-ethyl adjacent to an activating group) is 2. The molecular weight excluding hydrogens is 223 g/mol. The van der Waals surface area contributed by atoms with Gasteiger partial charge < -0.3 is 15.0 Å². The van der Waals surface area contributed by atoms with E-state index in [0.29, 0.717) is 6.54 Å². The fourth-order valence-electron chi connectivity index (χ4n) is 1.27. The van der Waals surface area contributed by atoms with Crippen molar-refractivity contribution in [3.05, 3.63) is 30.1 Å². The number of ether oxygens (including phenoxy) is 1. The number of benzene rings is 1. The molecule has 0 spiro atoms. The van der Waals surface area contributed by atoms with Crippen LogP contribution in [0.4, 0.5) is 4.39 Å². The quantitative estimate of drug-likeness (QED) is 0.802. The molecule has 4 nitrogen and oxygen atoms in total. The monoisotopic (exact) mass is 240 g/mol. The lowest BCUT2D eigenvalue weighted by atomic mass is 10.3. The van der Waals surface area contributed by atoms with Crippen molar-refractivity contribution >= 4 is 5.91 Å². The molecule has 0 radical (unpaired) electrons. The lowest BCUT2D eigenvalue weighted by Gasteiger charge is -2.17. The summed E-state index contributed by atoms with van der Waals surface area (Å²) in [5.74, 6) is -0.205. The van der Waals surface area contributed by atoms with Crippen LogP contribution >= 0.6 is 0 Å². The van der Waals surface area contributed by atoms with E-state index in [1.165, 1.54) is 11.0 Å². The number of carbonyl (C=O) groups is 1. The van der Waals surface area contributed by atoms with Crippen molar-refractivity contribution in [2.24, 2.45) is 0 Å². The third kappa shape index (κ3) is 4.40. The highest BCUT2D eigenvalue weighted by atomic mass is 19.1. The number of nitrogens with zero attached hydrogens (tertiary/aromatic N) is 1. The highest BCUT2D eigenvalue weighted by Gasteiger charge is 2.07. The van der Waals surface area contributed by atoms with Gasteiger partial charge in [-0.2, -0.15) is 0 Å². The molecule has 0 aliphatic rings. The lowest BCUT2D eigenvalue weighted by Crippen LogP contribution is -2.36. The highest BCUT2D eigenvalue weighted by Crippen LogP contribution is 2.14. The van der Waals surface area contributed by atoms with E-state index in [0.717, 1.165) is 0 Å². The van der Waals surface area contributed by atoms with E-state index in [1.54, 1.807) is 32.3 Å². The molecule has 0 bridgehead atoms. The van der Waals surface area contributed by atoms with Crippen LogP contribution in [-0.2, 0) is 4.79 Å². The average Bonchev–Trinajstić information content (AvgIpc) is 2.31. The predicted octanol–water partition coefficient (Wildman–Crippen LogP) is 0.882. The van der Waals surface area contributed by atoms with Crippen molar-refractivity contribution in [1.29, 1.82) is 0 Å². The van der Waals surface area contributed by atoms with Crippen molar-refractivity contribution in [3.8, 4) is 5.75 Å². The summed E-state index contributed by atoms with van der Waals surface area (Å²) >= 11 is 0. The molecule has 1 amide bonds. The Morgan fingerprint density at radius 2 is 2.18 bits per heavy atom. The Hall–Kier alpha value is -1.62. The van der Waals surface area contributed by atoms with Gasteiger partial charge in [0.05, 0.1) is 13.1 Å². The Morgan fingerprint density at radius 1 is 1.47 bits per heavy atom. The Morgan fingerprint density at radius 3 is 2.82 bits per heavy atom. The van der Waals surface area contributed by atoms with Gasteiger partial charge in [0.1, 0.15) is 6.61 Å². The SMILES string of the molecule is CNCC(=O)N(C)CCOc1ccccc1F. The minimum atomic E-state index is -0.392. The molecule has 0 aliphatic carbocycles. The van der Waals surface area contributed by atoms with Crippen LogP contribution in [0.25, 0.3) is 0 Å². The van der Waals surface area contributed by atoms with Crippen molar-refractivity contribution in [3.63, 3.8) is 0 Å². The first-order valence-corrected chi connectivity index (χ1v) is 5.41. The van der Waals surface area contributed by atoms with Crippen LogP contribution in [0.15, 0.2) is 24.3 Å². The zero-order valence-corrected chi connectivity index (χ0v) is 10.1. The fourth-order valence-corrected chi connectivity index (χ4v) is 1.27. The molecule has 5 heteroatoms. The Labute approximate surface area is 100 Å². The summed E-state index contributed by atoms with van der Waals surface area (Å²) in [5.41, 5.74) is 0. The first-order chi connectivity index (χ1) is 8.15. The summed E-state index contributed by atoms with van der Waals surface area (Å²) in [6, 6.07) is 6.20. The molecule has 1 aromatic rings. The molecule has 94 valence electrons. The number of hydrogen-bond acceptors (Lipinski definition) is 3. The summed E-state index contributed by atoms with van der Waals surface area (Å²) in [7, 11) is 3.39. The first-order valence-electron chi connectivity index (χ1n) is 5.41. The largest absolute Gasteiger partial charge is 0.489 e. The molecule has 1 N–H and O–H groups in total. The average molecular weight is 240 g/mol. The maximum Gasteiger partial charge on any atom is 0.236 e. The number of halogens is 1. The maximum absolute atomic E-state index is 13.2. The van der Waals surface area contributed by atoms with Crippen LogP contribution in [0.2, 0.25) is 0 Å². The molecule has 1 aromatic carbocycles. The van der Waals surface area contributed by atoms with Gasteiger partial charge in [0, 0.05) is 7.05 Å². The van der Waals surface area contributed by atoms with Crippen LogP contribution in [-0.4, -0.2) is 44.6 Å². The summed E-state index contributed by atoms with van der Waals surface area (Å²) in [5, 5.41) is 2.77. The van der Waals surface area contributed by atoms with Gasteiger partial charge in [0.15, 0.2) is 11.6 Å². The number of para-hydroxylation sites is 1. The molecule has 0 saturated heterocycles. The van der Waals surface area contributed by atoms with E-state index in [9.17, 15) is 9.18 Å². The predicted molar refractivity (Wildman–Crippen MR) is 63.5 cm³/mol. The van der Waals surface area contributed by atoms with Crippen molar-refractivity contribution in [2.45, 2.75) is 0 Å². The van der Waals surface area contributed by atoms with Crippen molar-refractivity contribution < 1.29 is 13.9 Å². The van der Waals surface area contributed by atoms with Crippen LogP contribution in [0, 0.1) is 5.82 Å². The van der Waals surface area contributed by atoms with Crippen LogP contribution in [0.5, 0.6) is 5.75 Å². The van der Waals surface area contributed by atoms with Gasteiger partial charge in [0.2, 0.25) is 5.91 Å². The third-order valence-electron chi connectivity index (χ3n) is 2.27. The van der Waals surface area contributed by atoms with E-state index in [4.69, 9.17) is 4.74 Å². The number of amides is 1. The van der Waals surface area contributed by atoms with Gasteiger partial charge in [-0.25, -0.2) is 4.39 Å². The van der Waals surface area contributed by atoms with E-state index >= 15 is 0 Å². The van der Waals surface area contributed by atoms with E-state index in [2.05, 4.69) is 5.32 Å². The standard InChI is InChI=1S/C12H17FN2O2/c1-14-9-12(16)15(2)7-8-17-11-6-4-3-5-10(11)13/h3-6,14H,7-9H2,1-2H3. The number of carbonyl (C=O) groups excluding carboxylic acids is 1. The molecule has 17 heavy (non-hydrogen) atoms. The minimum absolute atomic E-state index is 0.0235.